The predicted octanol–water partition coefficient (Wildman–Crippen LogP) is 2.42. The summed E-state index contributed by atoms with van der Waals surface area (Å²) < 4.78 is 2.00. The van der Waals surface area contributed by atoms with Crippen molar-refractivity contribution in [3.63, 3.8) is 0 Å². The molecule has 1 unspecified atom stereocenters. The Morgan fingerprint density at radius 2 is 2.24 bits per heavy atom. The van der Waals surface area contributed by atoms with E-state index in [2.05, 4.69) is 23.9 Å². The molecular weight excluding hydrogens is 212 g/mol. The fraction of sp³-hybridized carbons (Fsp3) is 0.385. The van der Waals surface area contributed by atoms with Crippen molar-refractivity contribution in [3.05, 3.63) is 42.0 Å². The van der Waals surface area contributed by atoms with E-state index in [-0.39, 0.29) is 0 Å². The van der Waals surface area contributed by atoms with E-state index in [0.717, 1.165) is 29.8 Å². The first-order valence-electron chi connectivity index (χ1n) is 5.93. The van der Waals surface area contributed by atoms with Crippen LogP contribution in [0, 0.1) is 0 Å². The molecule has 2 aromatic heterocycles. The molecule has 0 saturated carbocycles. The van der Waals surface area contributed by atoms with E-state index < -0.39 is 0 Å². The zero-order chi connectivity index (χ0) is 12.3. The minimum absolute atomic E-state index is 0.440. The fourth-order valence-corrected chi connectivity index (χ4v) is 1.68. The van der Waals surface area contributed by atoms with Crippen molar-refractivity contribution in [2.24, 2.45) is 0 Å². The molecular formula is C13H18N4. The Morgan fingerprint density at radius 1 is 1.41 bits per heavy atom. The van der Waals surface area contributed by atoms with Crippen molar-refractivity contribution in [2.75, 3.05) is 5.73 Å². The van der Waals surface area contributed by atoms with Crippen molar-refractivity contribution in [2.45, 2.75) is 32.7 Å². The van der Waals surface area contributed by atoms with Crippen LogP contribution in [0.15, 0.2) is 30.7 Å². The van der Waals surface area contributed by atoms with E-state index in [1.807, 2.05) is 23.0 Å². The summed E-state index contributed by atoms with van der Waals surface area (Å²) in [5.74, 6) is 0. The predicted molar refractivity (Wildman–Crippen MR) is 68.7 cm³/mol. The van der Waals surface area contributed by atoms with Gasteiger partial charge in [-0.1, -0.05) is 6.92 Å². The first kappa shape index (κ1) is 11.6. The third-order valence-electron chi connectivity index (χ3n) is 3.02. The molecule has 90 valence electrons. The lowest BCUT2D eigenvalue weighted by Crippen LogP contribution is -2.05. The Hall–Kier alpha value is -1.84. The van der Waals surface area contributed by atoms with E-state index in [1.165, 1.54) is 0 Å². The average Bonchev–Trinajstić information content (AvgIpc) is 2.80. The highest BCUT2D eigenvalue weighted by molar-refractivity contribution is 5.45. The van der Waals surface area contributed by atoms with Gasteiger partial charge >= 0.3 is 0 Å². The molecule has 0 aliphatic rings. The number of aromatic nitrogens is 3. The van der Waals surface area contributed by atoms with Crippen LogP contribution in [-0.2, 0) is 6.42 Å². The lowest BCUT2D eigenvalue weighted by Gasteiger charge is -2.08. The number of nitrogens with zero attached hydrogens (tertiary/aromatic N) is 3. The first-order valence-corrected chi connectivity index (χ1v) is 5.93. The molecule has 2 N–H and O–H groups in total. The molecule has 0 fully saturated rings. The molecule has 0 spiro atoms. The normalized spacial score (nSPS) is 12.6. The van der Waals surface area contributed by atoms with Gasteiger partial charge in [0.25, 0.3) is 0 Å². The highest BCUT2D eigenvalue weighted by atomic mass is 15.3. The van der Waals surface area contributed by atoms with Crippen LogP contribution >= 0.6 is 0 Å². The number of pyridine rings is 1. The maximum absolute atomic E-state index is 5.89. The highest BCUT2D eigenvalue weighted by Crippen LogP contribution is 2.15. The van der Waals surface area contributed by atoms with Crippen molar-refractivity contribution < 1.29 is 0 Å². The number of nitrogen functional groups attached to an aromatic ring is 1. The molecule has 4 nitrogen and oxygen atoms in total. The van der Waals surface area contributed by atoms with Crippen molar-refractivity contribution in [1.82, 2.24) is 14.8 Å². The standard InChI is InChI=1S/C13H18N4/c1-3-10(2)17-7-5-12(16-17)8-11-9-15-6-4-13(11)14/h4-7,9-10H,3,8H2,1-2H3,(H2,14,15). The molecule has 0 aliphatic heterocycles. The van der Waals surface area contributed by atoms with Gasteiger partial charge in [-0.2, -0.15) is 5.10 Å². The zero-order valence-corrected chi connectivity index (χ0v) is 10.3. The molecule has 2 aromatic rings. The Bertz CT molecular complexity index is 490. The second-order valence-electron chi connectivity index (χ2n) is 4.30. The van der Waals surface area contributed by atoms with Crippen LogP contribution in [0.25, 0.3) is 0 Å². The van der Waals surface area contributed by atoms with Crippen LogP contribution in [0.2, 0.25) is 0 Å². The third-order valence-corrected chi connectivity index (χ3v) is 3.02. The van der Waals surface area contributed by atoms with Crippen LogP contribution in [0.4, 0.5) is 5.69 Å². The van der Waals surface area contributed by atoms with E-state index >= 15 is 0 Å². The summed E-state index contributed by atoms with van der Waals surface area (Å²) in [7, 11) is 0. The van der Waals surface area contributed by atoms with Gasteiger partial charge in [-0.05, 0) is 31.0 Å². The second kappa shape index (κ2) is 4.99. The van der Waals surface area contributed by atoms with Gasteiger partial charge in [0.2, 0.25) is 0 Å². The van der Waals surface area contributed by atoms with Gasteiger partial charge in [-0.25, -0.2) is 0 Å². The molecule has 0 radical (unpaired) electrons. The summed E-state index contributed by atoms with van der Waals surface area (Å²) in [6.07, 6.45) is 7.35. The van der Waals surface area contributed by atoms with Gasteiger partial charge in [0, 0.05) is 36.7 Å². The smallest absolute Gasteiger partial charge is 0.0669 e. The molecule has 0 aliphatic carbocycles. The van der Waals surface area contributed by atoms with Crippen LogP contribution in [-0.4, -0.2) is 14.8 Å². The summed E-state index contributed by atoms with van der Waals surface area (Å²) >= 11 is 0. The molecule has 0 saturated heterocycles. The van der Waals surface area contributed by atoms with Gasteiger partial charge in [0.15, 0.2) is 0 Å². The summed E-state index contributed by atoms with van der Waals surface area (Å²) in [4.78, 5) is 4.09. The largest absolute Gasteiger partial charge is 0.398 e. The average molecular weight is 230 g/mol. The van der Waals surface area contributed by atoms with E-state index in [4.69, 9.17) is 5.73 Å². The SMILES string of the molecule is CCC(C)n1ccc(Cc2cnccc2N)n1. The van der Waals surface area contributed by atoms with E-state index in [1.54, 1.807) is 12.4 Å². The van der Waals surface area contributed by atoms with E-state index in [9.17, 15) is 0 Å². The monoisotopic (exact) mass is 230 g/mol. The van der Waals surface area contributed by atoms with Crippen LogP contribution in [0.5, 0.6) is 0 Å². The Kier molecular flexibility index (Phi) is 3.42. The fourth-order valence-electron chi connectivity index (χ4n) is 1.68. The summed E-state index contributed by atoms with van der Waals surface area (Å²) in [5.41, 5.74) is 8.72. The topological polar surface area (TPSA) is 56.7 Å². The molecule has 4 heteroatoms. The number of rotatable bonds is 4. The van der Waals surface area contributed by atoms with Gasteiger partial charge < -0.3 is 5.73 Å². The van der Waals surface area contributed by atoms with Crippen molar-refractivity contribution >= 4 is 5.69 Å². The summed E-state index contributed by atoms with van der Waals surface area (Å²) in [6, 6.07) is 4.30. The van der Waals surface area contributed by atoms with Crippen LogP contribution in [0.1, 0.15) is 37.6 Å². The molecule has 0 bridgehead atoms. The van der Waals surface area contributed by atoms with Gasteiger partial charge in [0.05, 0.1) is 5.69 Å². The Morgan fingerprint density at radius 3 is 2.94 bits per heavy atom. The van der Waals surface area contributed by atoms with E-state index in [0.29, 0.717) is 6.04 Å². The quantitative estimate of drug-likeness (QED) is 0.877. The maximum Gasteiger partial charge on any atom is 0.0669 e. The summed E-state index contributed by atoms with van der Waals surface area (Å²) in [6.45, 7) is 4.32. The molecule has 1 atom stereocenters. The molecule has 0 aromatic carbocycles. The van der Waals surface area contributed by atoms with Gasteiger partial charge in [0.1, 0.15) is 0 Å². The molecule has 2 heterocycles. The number of anilines is 1. The zero-order valence-electron chi connectivity index (χ0n) is 10.3. The number of nitrogens with two attached hydrogens (primary N) is 1. The minimum atomic E-state index is 0.440. The number of hydrogen-bond donors (Lipinski definition) is 1. The van der Waals surface area contributed by atoms with Gasteiger partial charge in [-0.3, -0.25) is 9.67 Å². The lowest BCUT2D eigenvalue weighted by atomic mass is 10.1. The van der Waals surface area contributed by atoms with Crippen LogP contribution < -0.4 is 5.73 Å². The van der Waals surface area contributed by atoms with Crippen molar-refractivity contribution in [1.29, 1.82) is 0 Å². The molecule has 17 heavy (non-hydrogen) atoms. The second-order valence-corrected chi connectivity index (χ2v) is 4.30. The van der Waals surface area contributed by atoms with Crippen molar-refractivity contribution in [3.8, 4) is 0 Å². The van der Waals surface area contributed by atoms with Gasteiger partial charge in [-0.15, -0.1) is 0 Å². The minimum Gasteiger partial charge on any atom is -0.398 e. The lowest BCUT2D eigenvalue weighted by molar-refractivity contribution is 0.474. The highest BCUT2D eigenvalue weighted by Gasteiger charge is 2.06. The summed E-state index contributed by atoms with van der Waals surface area (Å²) in [5, 5.41) is 4.55. The molecule has 2 rings (SSSR count). The Balaban J connectivity index is 2.14. The number of hydrogen-bond acceptors (Lipinski definition) is 3. The Labute approximate surface area is 101 Å². The maximum atomic E-state index is 5.89. The first-order chi connectivity index (χ1) is 8.20. The van der Waals surface area contributed by atoms with Crippen LogP contribution in [0.3, 0.4) is 0 Å². The third kappa shape index (κ3) is 2.64. The molecule has 0 amide bonds.